The van der Waals surface area contributed by atoms with E-state index < -0.39 is 6.10 Å². The van der Waals surface area contributed by atoms with Crippen molar-refractivity contribution in [2.45, 2.75) is 24.5 Å². The topological polar surface area (TPSA) is 50.9 Å². The number of rotatable bonds is 5. The minimum atomic E-state index is -0.630. The SMILES string of the molecule is CCn1nncc1C(O)CSc1ccc(F)cc1. The van der Waals surface area contributed by atoms with Crippen molar-refractivity contribution >= 4 is 11.8 Å². The predicted octanol–water partition coefficient (Wildman–Crippen LogP) is 2.26. The number of aromatic nitrogens is 3. The summed E-state index contributed by atoms with van der Waals surface area (Å²) in [5.74, 6) is 0.229. The van der Waals surface area contributed by atoms with E-state index in [4.69, 9.17) is 0 Å². The van der Waals surface area contributed by atoms with E-state index in [0.717, 1.165) is 4.90 Å². The minimum Gasteiger partial charge on any atom is -0.386 e. The lowest BCUT2D eigenvalue weighted by Crippen LogP contribution is -2.09. The summed E-state index contributed by atoms with van der Waals surface area (Å²) in [6, 6.07) is 6.21. The van der Waals surface area contributed by atoms with E-state index in [1.54, 1.807) is 23.0 Å². The standard InChI is InChI=1S/C12H14FN3OS/c1-2-16-11(7-14-15-16)12(17)8-18-10-5-3-9(13)4-6-10/h3-7,12,17H,2,8H2,1H3. The van der Waals surface area contributed by atoms with E-state index in [2.05, 4.69) is 10.3 Å². The number of aryl methyl sites for hydroxylation is 1. The predicted molar refractivity (Wildman–Crippen MR) is 67.8 cm³/mol. The average molecular weight is 267 g/mol. The van der Waals surface area contributed by atoms with Crippen LogP contribution in [-0.4, -0.2) is 25.9 Å². The van der Waals surface area contributed by atoms with Crippen molar-refractivity contribution in [3.05, 3.63) is 42.0 Å². The van der Waals surface area contributed by atoms with Gasteiger partial charge in [0.25, 0.3) is 0 Å². The largest absolute Gasteiger partial charge is 0.386 e. The van der Waals surface area contributed by atoms with Crippen LogP contribution < -0.4 is 0 Å². The zero-order valence-electron chi connectivity index (χ0n) is 9.95. The van der Waals surface area contributed by atoms with E-state index in [9.17, 15) is 9.50 Å². The maximum Gasteiger partial charge on any atom is 0.123 e. The van der Waals surface area contributed by atoms with Gasteiger partial charge in [-0.25, -0.2) is 9.07 Å². The highest BCUT2D eigenvalue weighted by molar-refractivity contribution is 7.99. The Balaban J connectivity index is 1.96. The third kappa shape index (κ3) is 3.08. The van der Waals surface area contributed by atoms with E-state index in [-0.39, 0.29) is 5.82 Å². The Bertz CT molecular complexity index is 500. The minimum absolute atomic E-state index is 0.256. The second-order valence-electron chi connectivity index (χ2n) is 3.76. The number of halogens is 1. The van der Waals surface area contributed by atoms with Crippen LogP contribution in [0.5, 0.6) is 0 Å². The lowest BCUT2D eigenvalue weighted by Gasteiger charge is -2.10. The molecule has 0 saturated carbocycles. The molecule has 4 nitrogen and oxygen atoms in total. The molecule has 1 atom stereocenters. The molecule has 1 aromatic heterocycles. The van der Waals surface area contributed by atoms with Gasteiger partial charge in [-0.15, -0.1) is 16.9 Å². The maximum atomic E-state index is 12.7. The quantitative estimate of drug-likeness (QED) is 0.844. The van der Waals surface area contributed by atoms with Crippen LogP contribution in [0.15, 0.2) is 35.4 Å². The van der Waals surface area contributed by atoms with Crippen molar-refractivity contribution in [2.24, 2.45) is 0 Å². The molecule has 6 heteroatoms. The van der Waals surface area contributed by atoms with Crippen LogP contribution in [0, 0.1) is 5.82 Å². The van der Waals surface area contributed by atoms with Gasteiger partial charge in [-0.3, -0.25) is 0 Å². The van der Waals surface area contributed by atoms with E-state index >= 15 is 0 Å². The van der Waals surface area contributed by atoms with Crippen LogP contribution in [0.1, 0.15) is 18.7 Å². The normalized spacial score (nSPS) is 12.6. The van der Waals surface area contributed by atoms with Gasteiger partial charge in [0.05, 0.1) is 11.9 Å². The molecule has 0 aliphatic rings. The molecule has 96 valence electrons. The third-order valence-corrected chi connectivity index (χ3v) is 3.60. The number of aliphatic hydroxyl groups is 1. The highest BCUT2D eigenvalue weighted by Gasteiger charge is 2.13. The van der Waals surface area contributed by atoms with Crippen molar-refractivity contribution in [1.29, 1.82) is 0 Å². The number of hydrogen-bond donors (Lipinski definition) is 1. The Kier molecular flexibility index (Phi) is 4.33. The van der Waals surface area contributed by atoms with Crippen LogP contribution in [0.2, 0.25) is 0 Å². The monoisotopic (exact) mass is 267 g/mol. The van der Waals surface area contributed by atoms with Crippen LogP contribution >= 0.6 is 11.8 Å². The van der Waals surface area contributed by atoms with Crippen LogP contribution in [-0.2, 0) is 6.54 Å². The zero-order valence-corrected chi connectivity index (χ0v) is 10.8. The van der Waals surface area contributed by atoms with E-state index in [1.165, 1.54) is 23.9 Å². The molecule has 0 radical (unpaired) electrons. The first-order valence-electron chi connectivity index (χ1n) is 5.65. The Morgan fingerprint density at radius 2 is 2.11 bits per heavy atom. The number of aliphatic hydroxyl groups excluding tert-OH is 1. The van der Waals surface area contributed by atoms with Crippen LogP contribution in [0.3, 0.4) is 0 Å². The zero-order chi connectivity index (χ0) is 13.0. The second kappa shape index (κ2) is 5.97. The van der Waals surface area contributed by atoms with E-state index in [0.29, 0.717) is 18.0 Å². The molecule has 0 saturated heterocycles. The number of thioether (sulfide) groups is 1. The molecule has 2 aromatic rings. The molecule has 0 aliphatic carbocycles. The van der Waals surface area contributed by atoms with Gasteiger partial charge in [0.1, 0.15) is 11.9 Å². The fourth-order valence-corrected chi connectivity index (χ4v) is 2.41. The molecule has 18 heavy (non-hydrogen) atoms. The Hall–Kier alpha value is -1.40. The summed E-state index contributed by atoms with van der Waals surface area (Å²) in [4.78, 5) is 0.922. The van der Waals surface area contributed by atoms with Crippen LogP contribution in [0.25, 0.3) is 0 Å². The molecular weight excluding hydrogens is 253 g/mol. The van der Waals surface area contributed by atoms with Gasteiger partial charge < -0.3 is 5.11 Å². The first-order chi connectivity index (χ1) is 8.70. The molecule has 0 amide bonds. The summed E-state index contributed by atoms with van der Waals surface area (Å²) in [6.07, 6.45) is 0.939. The molecule has 0 fully saturated rings. The first kappa shape index (κ1) is 13.0. The second-order valence-corrected chi connectivity index (χ2v) is 4.85. The molecule has 1 N–H and O–H groups in total. The summed E-state index contributed by atoms with van der Waals surface area (Å²) in [5, 5.41) is 17.7. The summed E-state index contributed by atoms with van der Waals surface area (Å²) in [7, 11) is 0. The fourth-order valence-electron chi connectivity index (χ4n) is 1.56. The van der Waals surface area contributed by atoms with Crippen molar-refractivity contribution < 1.29 is 9.50 Å². The lowest BCUT2D eigenvalue weighted by atomic mass is 10.3. The summed E-state index contributed by atoms with van der Waals surface area (Å²) in [5.41, 5.74) is 0.701. The Morgan fingerprint density at radius 1 is 1.39 bits per heavy atom. The molecular formula is C12H14FN3OS. The van der Waals surface area contributed by atoms with Gasteiger partial charge in [-0.2, -0.15) is 0 Å². The van der Waals surface area contributed by atoms with Gasteiger partial charge in [0, 0.05) is 17.2 Å². The highest BCUT2D eigenvalue weighted by Crippen LogP contribution is 2.24. The van der Waals surface area contributed by atoms with Gasteiger partial charge >= 0.3 is 0 Å². The molecule has 0 spiro atoms. The van der Waals surface area contributed by atoms with Crippen LogP contribution in [0.4, 0.5) is 4.39 Å². The molecule has 1 unspecified atom stereocenters. The maximum absolute atomic E-state index is 12.7. The van der Waals surface area contributed by atoms with Crippen molar-refractivity contribution in [2.75, 3.05) is 5.75 Å². The molecule has 2 rings (SSSR count). The van der Waals surface area contributed by atoms with E-state index in [1.807, 2.05) is 6.92 Å². The summed E-state index contributed by atoms with van der Waals surface area (Å²) < 4.78 is 14.4. The van der Waals surface area contributed by atoms with Crippen molar-refractivity contribution in [3.8, 4) is 0 Å². The highest BCUT2D eigenvalue weighted by atomic mass is 32.2. The summed E-state index contributed by atoms with van der Waals surface area (Å²) in [6.45, 7) is 2.62. The van der Waals surface area contributed by atoms with Crippen molar-refractivity contribution in [3.63, 3.8) is 0 Å². The van der Waals surface area contributed by atoms with Gasteiger partial charge in [-0.1, -0.05) is 5.21 Å². The van der Waals surface area contributed by atoms with Gasteiger partial charge in [0.15, 0.2) is 0 Å². The van der Waals surface area contributed by atoms with Gasteiger partial charge in [-0.05, 0) is 31.2 Å². The Labute approximate surface area is 109 Å². The number of hydrogen-bond acceptors (Lipinski definition) is 4. The third-order valence-electron chi connectivity index (χ3n) is 2.51. The molecule has 1 aromatic carbocycles. The Morgan fingerprint density at radius 3 is 2.78 bits per heavy atom. The average Bonchev–Trinajstić information content (AvgIpc) is 2.86. The molecule has 0 aliphatic heterocycles. The number of nitrogens with zero attached hydrogens (tertiary/aromatic N) is 3. The smallest absolute Gasteiger partial charge is 0.123 e. The molecule has 0 bridgehead atoms. The number of benzene rings is 1. The molecule has 1 heterocycles. The lowest BCUT2D eigenvalue weighted by molar-refractivity contribution is 0.192. The van der Waals surface area contributed by atoms with Crippen molar-refractivity contribution in [1.82, 2.24) is 15.0 Å². The van der Waals surface area contributed by atoms with Gasteiger partial charge in [0.2, 0.25) is 0 Å². The fraction of sp³-hybridized carbons (Fsp3) is 0.333. The first-order valence-corrected chi connectivity index (χ1v) is 6.64. The summed E-state index contributed by atoms with van der Waals surface area (Å²) >= 11 is 1.47.